The predicted molar refractivity (Wildman–Crippen MR) is 111 cm³/mol. The van der Waals surface area contributed by atoms with Crippen LogP contribution in [0.25, 0.3) is 11.1 Å². The van der Waals surface area contributed by atoms with Gasteiger partial charge < -0.3 is 15.1 Å². The van der Waals surface area contributed by atoms with Crippen LogP contribution in [-0.2, 0) is 4.79 Å². The Kier molecular flexibility index (Phi) is 5.70. The number of urea groups is 1. The molecule has 0 bridgehead atoms. The number of anilines is 1. The molecule has 2 aromatic carbocycles. The molecular weight excluding hydrogens is 388 g/mol. The van der Waals surface area contributed by atoms with E-state index in [1.54, 1.807) is 36.2 Å². The van der Waals surface area contributed by atoms with Gasteiger partial charge in [0.25, 0.3) is 0 Å². The van der Waals surface area contributed by atoms with E-state index in [2.05, 4.69) is 5.32 Å². The lowest BCUT2D eigenvalue weighted by Crippen LogP contribution is -2.43. The molecule has 1 heterocycles. The van der Waals surface area contributed by atoms with Gasteiger partial charge in [0.05, 0.1) is 6.04 Å². The van der Waals surface area contributed by atoms with Crippen molar-refractivity contribution < 1.29 is 18.4 Å². The van der Waals surface area contributed by atoms with Crippen molar-refractivity contribution in [2.45, 2.75) is 31.7 Å². The van der Waals surface area contributed by atoms with E-state index in [4.69, 9.17) is 0 Å². The number of nitrogens with one attached hydrogen (secondary N) is 1. The van der Waals surface area contributed by atoms with E-state index < -0.39 is 11.6 Å². The number of halogens is 2. The Labute approximate surface area is 174 Å². The third-order valence-corrected chi connectivity index (χ3v) is 6.13. The van der Waals surface area contributed by atoms with Gasteiger partial charge in [-0.15, -0.1) is 0 Å². The largest absolute Gasteiger partial charge is 0.340 e. The first-order valence-electron chi connectivity index (χ1n) is 10.3. The Hall–Kier alpha value is -2.96. The SMILES string of the molecule is CN(C(=O)Nc1ccc(-c2cc(F)cc(F)c2)cc1)[C@@H]1CCN(C(=O)C2CCC2)C1. The van der Waals surface area contributed by atoms with Crippen molar-refractivity contribution in [3.05, 3.63) is 54.1 Å². The van der Waals surface area contributed by atoms with Crippen molar-refractivity contribution in [1.29, 1.82) is 0 Å². The molecule has 1 atom stereocenters. The quantitative estimate of drug-likeness (QED) is 0.803. The highest BCUT2D eigenvalue weighted by Crippen LogP contribution is 2.30. The fourth-order valence-corrected chi connectivity index (χ4v) is 4.02. The first kappa shape index (κ1) is 20.3. The number of rotatable bonds is 4. The number of likely N-dealkylation sites (N-methyl/N-ethyl adjacent to an activating group) is 1. The lowest BCUT2D eigenvalue weighted by atomic mass is 9.84. The lowest BCUT2D eigenvalue weighted by Gasteiger charge is -2.30. The van der Waals surface area contributed by atoms with E-state index in [0.29, 0.717) is 29.9 Å². The van der Waals surface area contributed by atoms with Crippen molar-refractivity contribution in [2.75, 3.05) is 25.5 Å². The van der Waals surface area contributed by atoms with Crippen molar-refractivity contribution >= 4 is 17.6 Å². The van der Waals surface area contributed by atoms with Gasteiger partial charge >= 0.3 is 6.03 Å². The topological polar surface area (TPSA) is 52.7 Å². The van der Waals surface area contributed by atoms with Crippen LogP contribution in [0.5, 0.6) is 0 Å². The van der Waals surface area contributed by atoms with E-state index in [9.17, 15) is 18.4 Å². The number of likely N-dealkylation sites (tertiary alicyclic amines) is 1. The Morgan fingerprint density at radius 1 is 1.00 bits per heavy atom. The van der Waals surface area contributed by atoms with Gasteiger partial charge in [-0.3, -0.25) is 4.79 Å². The second kappa shape index (κ2) is 8.42. The zero-order chi connectivity index (χ0) is 21.3. The average Bonchev–Trinajstić information content (AvgIpc) is 3.16. The van der Waals surface area contributed by atoms with Crippen LogP contribution in [0.4, 0.5) is 19.3 Å². The fourth-order valence-electron chi connectivity index (χ4n) is 4.02. The number of nitrogens with zero attached hydrogens (tertiary/aromatic N) is 2. The molecule has 2 aliphatic rings. The normalized spacial score (nSPS) is 18.8. The fraction of sp³-hybridized carbons (Fsp3) is 0.391. The zero-order valence-electron chi connectivity index (χ0n) is 16.9. The Morgan fingerprint density at radius 3 is 2.27 bits per heavy atom. The molecule has 158 valence electrons. The van der Waals surface area contributed by atoms with Crippen LogP contribution in [0.2, 0.25) is 0 Å². The highest BCUT2D eigenvalue weighted by atomic mass is 19.1. The molecule has 1 N–H and O–H groups in total. The van der Waals surface area contributed by atoms with Gasteiger partial charge in [-0.1, -0.05) is 18.6 Å². The minimum atomic E-state index is -0.634. The summed E-state index contributed by atoms with van der Waals surface area (Å²) in [7, 11) is 1.74. The molecule has 2 aromatic rings. The van der Waals surface area contributed by atoms with Gasteiger partial charge in [-0.25, -0.2) is 13.6 Å². The minimum Gasteiger partial charge on any atom is -0.340 e. The molecule has 0 unspecified atom stereocenters. The van der Waals surface area contributed by atoms with E-state index in [0.717, 1.165) is 31.7 Å². The van der Waals surface area contributed by atoms with E-state index >= 15 is 0 Å². The van der Waals surface area contributed by atoms with E-state index in [-0.39, 0.29) is 23.9 Å². The van der Waals surface area contributed by atoms with Gasteiger partial charge in [0.2, 0.25) is 5.91 Å². The zero-order valence-corrected chi connectivity index (χ0v) is 16.9. The monoisotopic (exact) mass is 413 g/mol. The van der Waals surface area contributed by atoms with Crippen LogP contribution < -0.4 is 5.32 Å². The van der Waals surface area contributed by atoms with Gasteiger partial charge in [-0.05, 0) is 54.7 Å². The summed E-state index contributed by atoms with van der Waals surface area (Å²) < 4.78 is 26.8. The summed E-state index contributed by atoms with van der Waals surface area (Å²) in [5.41, 5.74) is 1.68. The maximum absolute atomic E-state index is 13.4. The summed E-state index contributed by atoms with van der Waals surface area (Å²) in [6.45, 7) is 1.26. The van der Waals surface area contributed by atoms with Crippen LogP contribution in [0, 0.1) is 17.6 Å². The summed E-state index contributed by atoms with van der Waals surface area (Å²) in [6, 6.07) is 9.92. The third kappa shape index (κ3) is 4.30. The maximum Gasteiger partial charge on any atom is 0.321 e. The molecule has 1 saturated carbocycles. The molecule has 0 aromatic heterocycles. The third-order valence-electron chi connectivity index (χ3n) is 6.13. The highest BCUT2D eigenvalue weighted by molar-refractivity contribution is 5.90. The van der Waals surface area contributed by atoms with Crippen molar-refractivity contribution in [3.63, 3.8) is 0 Å². The van der Waals surface area contributed by atoms with Gasteiger partial charge in [0.1, 0.15) is 11.6 Å². The number of hydrogen-bond acceptors (Lipinski definition) is 2. The van der Waals surface area contributed by atoms with Crippen LogP contribution in [0.1, 0.15) is 25.7 Å². The summed E-state index contributed by atoms with van der Waals surface area (Å²) in [4.78, 5) is 28.6. The van der Waals surface area contributed by atoms with Crippen molar-refractivity contribution in [2.24, 2.45) is 5.92 Å². The molecule has 30 heavy (non-hydrogen) atoms. The summed E-state index contributed by atoms with van der Waals surface area (Å²) >= 11 is 0. The first-order chi connectivity index (χ1) is 14.4. The minimum absolute atomic E-state index is 0.0106. The van der Waals surface area contributed by atoms with Crippen molar-refractivity contribution in [3.8, 4) is 11.1 Å². The molecular formula is C23H25F2N3O2. The van der Waals surface area contributed by atoms with Crippen LogP contribution in [0.3, 0.4) is 0 Å². The molecule has 0 spiro atoms. The van der Waals surface area contributed by atoms with E-state index in [1.165, 1.54) is 12.1 Å². The molecule has 4 rings (SSSR count). The Bertz CT molecular complexity index is 924. The number of hydrogen-bond donors (Lipinski definition) is 1. The van der Waals surface area contributed by atoms with Gasteiger partial charge in [-0.2, -0.15) is 0 Å². The van der Waals surface area contributed by atoms with Crippen molar-refractivity contribution in [1.82, 2.24) is 9.80 Å². The molecule has 2 fully saturated rings. The highest BCUT2D eigenvalue weighted by Gasteiger charge is 2.35. The predicted octanol–water partition coefficient (Wildman–Crippen LogP) is 4.50. The maximum atomic E-state index is 13.4. The second-order valence-electron chi connectivity index (χ2n) is 8.13. The van der Waals surface area contributed by atoms with E-state index in [1.807, 2.05) is 4.90 Å². The lowest BCUT2D eigenvalue weighted by molar-refractivity contribution is -0.137. The van der Waals surface area contributed by atoms with Crippen LogP contribution in [-0.4, -0.2) is 47.9 Å². The number of benzene rings is 2. The molecule has 5 nitrogen and oxygen atoms in total. The molecule has 1 saturated heterocycles. The Balaban J connectivity index is 1.34. The van der Waals surface area contributed by atoms with Gasteiger partial charge in [0.15, 0.2) is 0 Å². The van der Waals surface area contributed by atoms with Gasteiger partial charge in [0, 0.05) is 37.8 Å². The standard InChI is InChI=1S/C23H25F2N3O2/c1-27(21-9-10-28(14-21)22(29)16-3-2-4-16)23(30)26-20-7-5-15(6-8-20)17-11-18(24)13-19(25)12-17/h5-8,11-13,16,21H,2-4,9-10,14H2,1H3,(H,26,30)/t21-/m1/s1. The number of carbonyl (C=O) groups is 2. The second-order valence-corrected chi connectivity index (χ2v) is 8.13. The number of amides is 3. The van der Waals surface area contributed by atoms with Crippen LogP contribution >= 0.6 is 0 Å². The average molecular weight is 413 g/mol. The molecule has 3 amide bonds. The molecule has 0 radical (unpaired) electrons. The van der Waals surface area contributed by atoms with Crippen LogP contribution in [0.15, 0.2) is 42.5 Å². The summed E-state index contributed by atoms with van der Waals surface area (Å²) in [5.74, 6) is -0.870. The molecule has 1 aliphatic heterocycles. The summed E-state index contributed by atoms with van der Waals surface area (Å²) in [6.07, 6.45) is 3.86. The Morgan fingerprint density at radius 2 is 1.67 bits per heavy atom. The molecule has 7 heteroatoms. The smallest absolute Gasteiger partial charge is 0.321 e. The summed E-state index contributed by atoms with van der Waals surface area (Å²) in [5, 5.41) is 2.84. The first-order valence-corrected chi connectivity index (χ1v) is 10.3. The number of carbonyl (C=O) groups excluding carboxylic acids is 2. The molecule has 1 aliphatic carbocycles.